The lowest BCUT2D eigenvalue weighted by molar-refractivity contribution is -0.118. The van der Waals surface area contributed by atoms with Crippen molar-refractivity contribution < 1.29 is 9.90 Å². The number of hydrogen-bond donors (Lipinski definition) is 3. The average molecular weight is 250 g/mol. The smallest absolute Gasteiger partial charge is 0.217 e. The number of primary amides is 1. The van der Waals surface area contributed by atoms with E-state index in [1.807, 2.05) is 12.1 Å². The molecule has 0 fully saturated rings. The number of phenols is 1. The van der Waals surface area contributed by atoms with Crippen molar-refractivity contribution in [1.29, 1.82) is 0 Å². The molecule has 0 saturated carbocycles. The van der Waals surface area contributed by atoms with E-state index >= 15 is 0 Å². The fourth-order valence-electron chi connectivity index (χ4n) is 1.83. The Balaban J connectivity index is 2.15. The number of phenolic OH excluding ortho intramolecular Hbond substituents is 1. The van der Waals surface area contributed by atoms with Gasteiger partial charge in [-0.25, -0.2) is 0 Å². The van der Waals surface area contributed by atoms with Gasteiger partial charge in [0, 0.05) is 12.5 Å². The summed E-state index contributed by atoms with van der Waals surface area (Å²) in [5.74, 6) is 0.0676. The van der Waals surface area contributed by atoms with E-state index in [4.69, 9.17) is 5.73 Å². The summed E-state index contributed by atoms with van der Waals surface area (Å²) in [5.41, 5.74) is 6.27. The van der Waals surface area contributed by atoms with Crippen molar-refractivity contribution >= 4 is 5.91 Å². The molecule has 1 unspecified atom stereocenters. The molecule has 1 rings (SSSR count). The maximum atomic E-state index is 10.5. The van der Waals surface area contributed by atoms with E-state index in [2.05, 4.69) is 12.2 Å². The van der Waals surface area contributed by atoms with Crippen LogP contribution in [0, 0.1) is 0 Å². The summed E-state index contributed by atoms with van der Waals surface area (Å²) in [6.07, 6.45) is 3.20. The number of benzene rings is 1. The van der Waals surface area contributed by atoms with Crippen molar-refractivity contribution in [3.63, 3.8) is 0 Å². The van der Waals surface area contributed by atoms with Gasteiger partial charge in [-0.2, -0.15) is 0 Å². The first-order valence-corrected chi connectivity index (χ1v) is 6.37. The Bertz CT molecular complexity index is 363. The van der Waals surface area contributed by atoms with Crippen molar-refractivity contribution in [2.24, 2.45) is 5.73 Å². The minimum Gasteiger partial charge on any atom is -0.508 e. The molecule has 0 aliphatic rings. The molecular weight excluding hydrogens is 228 g/mol. The Labute approximate surface area is 108 Å². The zero-order valence-electron chi connectivity index (χ0n) is 10.9. The summed E-state index contributed by atoms with van der Waals surface area (Å²) in [6.45, 7) is 3.02. The Morgan fingerprint density at radius 2 is 2.00 bits per heavy atom. The zero-order chi connectivity index (χ0) is 13.4. The van der Waals surface area contributed by atoms with Crippen LogP contribution in [0.25, 0.3) is 0 Å². The van der Waals surface area contributed by atoms with E-state index in [0.29, 0.717) is 18.2 Å². The fraction of sp³-hybridized carbons (Fsp3) is 0.500. The normalized spacial score (nSPS) is 12.3. The zero-order valence-corrected chi connectivity index (χ0v) is 10.9. The van der Waals surface area contributed by atoms with Crippen LogP contribution in [0.4, 0.5) is 0 Å². The van der Waals surface area contributed by atoms with Gasteiger partial charge in [0.1, 0.15) is 5.75 Å². The van der Waals surface area contributed by atoms with Gasteiger partial charge in [0.25, 0.3) is 0 Å². The molecule has 18 heavy (non-hydrogen) atoms. The maximum absolute atomic E-state index is 10.5. The maximum Gasteiger partial charge on any atom is 0.217 e. The second-order valence-electron chi connectivity index (χ2n) is 4.65. The van der Waals surface area contributed by atoms with E-state index in [1.54, 1.807) is 12.1 Å². The topological polar surface area (TPSA) is 75.3 Å². The minimum atomic E-state index is -0.229. The third-order valence-corrected chi connectivity index (χ3v) is 2.82. The van der Waals surface area contributed by atoms with Gasteiger partial charge in [-0.15, -0.1) is 0 Å². The highest BCUT2D eigenvalue weighted by Crippen LogP contribution is 2.11. The molecule has 0 heterocycles. The van der Waals surface area contributed by atoms with Crippen molar-refractivity contribution in [3.05, 3.63) is 29.8 Å². The first kappa shape index (κ1) is 14.5. The molecule has 0 saturated heterocycles. The highest BCUT2D eigenvalue weighted by atomic mass is 16.3. The third kappa shape index (κ3) is 6.25. The number of aromatic hydroxyl groups is 1. The molecule has 0 aliphatic carbocycles. The van der Waals surface area contributed by atoms with Gasteiger partial charge in [-0.3, -0.25) is 4.79 Å². The van der Waals surface area contributed by atoms with Crippen LogP contribution < -0.4 is 11.1 Å². The van der Waals surface area contributed by atoms with Crippen LogP contribution >= 0.6 is 0 Å². The Hall–Kier alpha value is -1.55. The number of amides is 1. The molecule has 1 aromatic rings. The van der Waals surface area contributed by atoms with E-state index in [1.165, 1.54) is 5.56 Å². The number of nitrogens with two attached hydrogens (primary N) is 1. The molecule has 0 spiro atoms. The molecule has 1 aromatic carbocycles. The van der Waals surface area contributed by atoms with Crippen LogP contribution in [-0.4, -0.2) is 23.6 Å². The highest BCUT2D eigenvalue weighted by Gasteiger charge is 2.03. The lowest BCUT2D eigenvalue weighted by atomic mass is 10.1. The van der Waals surface area contributed by atoms with Gasteiger partial charge in [0.2, 0.25) is 5.91 Å². The number of carbonyl (C=O) groups excluding carboxylic acids is 1. The standard InChI is InChI=1S/C14H22N2O2/c1-11(16-9-3-2-4-14(15)18)10-12-5-7-13(17)8-6-12/h5-8,11,16-17H,2-4,9-10H2,1H3,(H2,15,18). The van der Waals surface area contributed by atoms with Crippen LogP contribution in [-0.2, 0) is 11.2 Å². The van der Waals surface area contributed by atoms with Crippen molar-refractivity contribution in [1.82, 2.24) is 5.32 Å². The van der Waals surface area contributed by atoms with E-state index in [0.717, 1.165) is 25.8 Å². The molecule has 0 bridgehead atoms. The van der Waals surface area contributed by atoms with Crippen LogP contribution in [0.2, 0.25) is 0 Å². The summed E-state index contributed by atoms with van der Waals surface area (Å²) in [5, 5.41) is 12.6. The van der Waals surface area contributed by atoms with Gasteiger partial charge in [0.05, 0.1) is 0 Å². The van der Waals surface area contributed by atoms with Crippen molar-refractivity contribution in [2.45, 2.75) is 38.6 Å². The monoisotopic (exact) mass is 250 g/mol. The molecule has 4 N–H and O–H groups in total. The fourth-order valence-corrected chi connectivity index (χ4v) is 1.83. The van der Waals surface area contributed by atoms with Crippen LogP contribution in [0.5, 0.6) is 5.75 Å². The number of rotatable bonds is 8. The Kier molecular flexibility index (Phi) is 6.22. The Morgan fingerprint density at radius 3 is 2.61 bits per heavy atom. The summed E-state index contributed by atoms with van der Waals surface area (Å²) in [6, 6.07) is 7.65. The molecule has 1 atom stereocenters. The number of hydrogen-bond acceptors (Lipinski definition) is 3. The largest absolute Gasteiger partial charge is 0.508 e. The van der Waals surface area contributed by atoms with Gasteiger partial charge in [-0.05, 0) is 50.4 Å². The first-order valence-electron chi connectivity index (χ1n) is 6.37. The molecule has 1 amide bonds. The average Bonchev–Trinajstić information content (AvgIpc) is 2.31. The van der Waals surface area contributed by atoms with Crippen LogP contribution in [0.15, 0.2) is 24.3 Å². The highest BCUT2D eigenvalue weighted by molar-refractivity contribution is 5.73. The minimum absolute atomic E-state index is 0.229. The molecule has 4 heteroatoms. The van der Waals surface area contributed by atoms with E-state index in [9.17, 15) is 9.90 Å². The lowest BCUT2D eigenvalue weighted by Crippen LogP contribution is -2.29. The molecule has 0 aliphatic heterocycles. The van der Waals surface area contributed by atoms with Crippen molar-refractivity contribution in [3.8, 4) is 5.75 Å². The first-order chi connectivity index (χ1) is 8.58. The SMILES string of the molecule is CC(Cc1ccc(O)cc1)NCCCCC(N)=O. The quantitative estimate of drug-likeness (QED) is 0.613. The second kappa shape index (κ2) is 7.71. The van der Waals surface area contributed by atoms with Gasteiger partial charge >= 0.3 is 0 Å². The van der Waals surface area contributed by atoms with E-state index < -0.39 is 0 Å². The summed E-state index contributed by atoms with van der Waals surface area (Å²) in [7, 11) is 0. The molecule has 0 aromatic heterocycles. The lowest BCUT2D eigenvalue weighted by Gasteiger charge is -2.13. The van der Waals surface area contributed by atoms with Gasteiger partial charge in [-0.1, -0.05) is 12.1 Å². The molecular formula is C14H22N2O2. The second-order valence-corrected chi connectivity index (χ2v) is 4.65. The summed E-state index contributed by atoms with van der Waals surface area (Å²) < 4.78 is 0. The summed E-state index contributed by atoms with van der Waals surface area (Å²) >= 11 is 0. The summed E-state index contributed by atoms with van der Waals surface area (Å²) in [4.78, 5) is 10.5. The van der Waals surface area contributed by atoms with Gasteiger partial charge < -0.3 is 16.2 Å². The van der Waals surface area contributed by atoms with Crippen molar-refractivity contribution in [2.75, 3.05) is 6.54 Å². The number of carbonyl (C=O) groups is 1. The van der Waals surface area contributed by atoms with E-state index in [-0.39, 0.29) is 5.91 Å². The van der Waals surface area contributed by atoms with Crippen LogP contribution in [0.1, 0.15) is 31.7 Å². The third-order valence-electron chi connectivity index (χ3n) is 2.82. The predicted molar refractivity (Wildman–Crippen MR) is 72.3 cm³/mol. The number of nitrogens with one attached hydrogen (secondary N) is 1. The number of unbranched alkanes of at least 4 members (excludes halogenated alkanes) is 1. The van der Waals surface area contributed by atoms with Gasteiger partial charge in [0.15, 0.2) is 0 Å². The molecule has 0 radical (unpaired) electrons. The van der Waals surface area contributed by atoms with Crippen LogP contribution in [0.3, 0.4) is 0 Å². The predicted octanol–water partition coefficient (Wildman–Crippen LogP) is 1.57. The molecule has 4 nitrogen and oxygen atoms in total. The molecule has 100 valence electrons. The Morgan fingerprint density at radius 1 is 1.33 bits per heavy atom.